The molecule has 0 fully saturated rings. The minimum absolute atomic E-state index is 0.201. The lowest BCUT2D eigenvalue weighted by Crippen LogP contribution is -1.96. The maximum Gasteiger partial charge on any atom is 0.303 e. The van der Waals surface area contributed by atoms with E-state index in [4.69, 9.17) is 9.84 Å². The summed E-state index contributed by atoms with van der Waals surface area (Å²) >= 11 is 0. The predicted molar refractivity (Wildman–Crippen MR) is 77.7 cm³/mol. The number of rotatable bonds is 8. The summed E-state index contributed by atoms with van der Waals surface area (Å²) in [5, 5.41) is 16.8. The quantitative estimate of drug-likeness (QED) is 0.755. The van der Waals surface area contributed by atoms with E-state index in [1.807, 2.05) is 37.4 Å². The molecule has 0 spiro atoms. The Morgan fingerprint density at radius 1 is 1.29 bits per heavy atom. The highest BCUT2D eigenvalue weighted by Crippen LogP contribution is 2.15. The van der Waals surface area contributed by atoms with Crippen LogP contribution in [0.4, 0.5) is 0 Å². The van der Waals surface area contributed by atoms with Gasteiger partial charge in [-0.3, -0.25) is 4.79 Å². The number of aryl methyl sites for hydroxylation is 1. The maximum atomic E-state index is 10.4. The Morgan fingerprint density at radius 2 is 2.05 bits per heavy atom. The maximum absolute atomic E-state index is 10.4. The average molecular weight is 289 g/mol. The summed E-state index contributed by atoms with van der Waals surface area (Å²) in [6.45, 7) is 2.59. The van der Waals surface area contributed by atoms with Crippen molar-refractivity contribution in [2.24, 2.45) is 0 Å². The zero-order valence-corrected chi connectivity index (χ0v) is 12.0. The number of hydrogen-bond donors (Lipinski definition) is 1. The fourth-order valence-corrected chi connectivity index (χ4v) is 1.98. The van der Waals surface area contributed by atoms with Crippen LogP contribution in [0.1, 0.15) is 31.9 Å². The van der Waals surface area contributed by atoms with Gasteiger partial charge in [0.15, 0.2) is 0 Å². The first-order chi connectivity index (χ1) is 10.2. The van der Waals surface area contributed by atoms with E-state index >= 15 is 0 Å². The Morgan fingerprint density at radius 3 is 2.71 bits per heavy atom. The van der Waals surface area contributed by atoms with Crippen molar-refractivity contribution in [2.75, 3.05) is 6.61 Å². The third-order valence-corrected chi connectivity index (χ3v) is 3.03. The largest absolute Gasteiger partial charge is 0.494 e. The molecule has 1 heterocycles. The molecule has 6 nitrogen and oxygen atoms in total. The summed E-state index contributed by atoms with van der Waals surface area (Å²) < 4.78 is 7.10. The Hall–Kier alpha value is -2.37. The molecule has 1 N–H and O–H groups in total. The topological polar surface area (TPSA) is 77.2 Å². The molecule has 2 aromatic rings. The zero-order chi connectivity index (χ0) is 15.1. The van der Waals surface area contributed by atoms with E-state index in [0.29, 0.717) is 13.0 Å². The van der Waals surface area contributed by atoms with Crippen LogP contribution in [-0.4, -0.2) is 32.7 Å². The molecule has 112 valence electrons. The molecule has 6 heteroatoms. The third kappa shape index (κ3) is 4.59. The van der Waals surface area contributed by atoms with Gasteiger partial charge < -0.3 is 9.84 Å². The molecule has 0 saturated carbocycles. The number of nitrogens with zero attached hydrogens (tertiary/aromatic N) is 3. The molecular formula is C15H19N3O3. The smallest absolute Gasteiger partial charge is 0.303 e. The van der Waals surface area contributed by atoms with Crippen molar-refractivity contribution in [3.63, 3.8) is 0 Å². The van der Waals surface area contributed by atoms with E-state index in [9.17, 15) is 4.79 Å². The summed E-state index contributed by atoms with van der Waals surface area (Å²) in [5.74, 6) is 0.0725. The van der Waals surface area contributed by atoms with Gasteiger partial charge in [-0.15, -0.1) is 5.10 Å². The van der Waals surface area contributed by atoms with E-state index in [0.717, 1.165) is 30.0 Å². The number of unbranched alkanes of at least 4 members (excludes halogenated alkanes) is 1. The second kappa shape index (κ2) is 7.42. The SMILES string of the molecule is CCOc1ccc(-n2cc(CCCCC(=O)O)nn2)cc1. The van der Waals surface area contributed by atoms with Crippen LogP contribution in [0.15, 0.2) is 30.5 Å². The van der Waals surface area contributed by atoms with Crippen LogP contribution < -0.4 is 4.74 Å². The highest BCUT2D eigenvalue weighted by atomic mass is 16.5. The van der Waals surface area contributed by atoms with Crippen molar-refractivity contribution in [1.82, 2.24) is 15.0 Å². The van der Waals surface area contributed by atoms with Crippen molar-refractivity contribution < 1.29 is 14.6 Å². The van der Waals surface area contributed by atoms with Crippen LogP contribution >= 0.6 is 0 Å². The van der Waals surface area contributed by atoms with Crippen molar-refractivity contribution in [1.29, 1.82) is 0 Å². The standard InChI is InChI=1S/C15H19N3O3/c1-2-21-14-9-7-13(8-10-14)18-11-12(16-17-18)5-3-4-6-15(19)20/h7-11H,2-6H2,1H3,(H,19,20). The highest BCUT2D eigenvalue weighted by Gasteiger charge is 2.04. The summed E-state index contributed by atoms with van der Waals surface area (Å²) in [6.07, 6.45) is 4.27. The van der Waals surface area contributed by atoms with Crippen LogP contribution in [0, 0.1) is 0 Å². The minimum atomic E-state index is -0.756. The summed E-state index contributed by atoms with van der Waals surface area (Å²) in [7, 11) is 0. The average Bonchev–Trinajstić information content (AvgIpc) is 2.93. The molecule has 0 amide bonds. The van der Waals surface area contributed by atoms with Crippen LogP contribution in [0.3, 0.4) is 0 Å². The van der Waals surface area contributed by atoms with Gasteiger partial charge in [0.05, 0.1) is 24.2 Å². The van der Waals surface area contributed by atoms with Gasteiger partial charge in [0, 0.05) is 6.42 Å². The number of aliphatic carboxylic acids is 1. The molecule has 1 aromatic carbocycles. The third-order valence-electron chi connectivity index (χ3n) is 3.03. The lowest BCUT2D eigenvalue weighted by atomic mass is 10.1. The molecule has 0 unspecified atom stereocenters. The lowest BCUT2D eigenvalue weighted by molar-refractivity contribution is -0.137. The predicted octanol–water partition coefficient (Wildman–Crippen LogP) is 2.46. The lowest BCUT2D eigenvalue weighted by Gasteiger charge is -2.04. The van der Waals surface area contributed by atoms with E-state index in [1.54, 1.807) is 4.68 Å². The number of carboxylic acids is 1. The molecule has 0 bridgehead atoms. The summed E-state index contributed by atoms with van der Waals surface area (Å²) in [4.78, 5) is 10.4. The Labute approximate surface area is 123 Å². The molecule has 0 atom stereocenters. The molecule has 0 radical (unpaired) electrons. The number of hydrogen-bond acceptors (Lipinski definition) is 4. The van der Waals surface area contributed by atoms with Gasteiger partial charge >= 0.3 is 5.97 Å². The second-order valence-electron chi connectivity index (χ2n) is 4.68. The minimum Gasteiger partial charge on any atom is -0.494 e. The molecular weight excluding hydrogens is 270 g/mol. The molecule has 0 aliphatic heterocycles. The number of carboxylic acid groups (broad SMARTS) is 1. The molecule has 1 aromatic heterocycles. The Kier molecular flexibility index (Phi) is 5.31. The van der Waals surface area contributed by atoms with Crippen molar-refractivity contribution in [3.8, 4) is 11.4 Å². The number of benzene rings is 1. The van der Waals surface area contributed by atoms with Gasteiger partial charge in [0.25, 0.3) is 0 Å². The molecule has 21 heavy (non-hydrogen) atoms. The van der Waals surface area contributed by atoms with Gasteiger partial charge in [-0.1, -0.05) is 5.21 Å². The second-order valence-corrected chi connectivity index (χ2v) is 4.68. The summed E-state index contributed by atoms with van der Waals surface area (Å²) in [5.41, 5.74) is 1.79. The van der Waals surface area contributed by atoms with Gasteiger partial charge in [-0.2, -0.15) is 0 Å². The number of carbonyl (C=O) groups is 1. The van der Waals surface area contributed by atoms with Crippen LogP contribution in [0.2, 0.25) is 0 Å². The van der Waals surface area contributed by atoms with E-state index in [-0.39, 0.29) is 6.42 Å². The number of aromatic nitrogens is 3. The zero-order valence-electron chi connectivity index (χ0n) is 12.0. The highest BCUT2D eigenvalue weighted by molar-refractivity contribution is 5.66. The van der Waals surface area contributed by atoms with Crippen molar-refractivity contribution in [3.05, 3.63) is 36.2 Å². The van der Waals surface area contributed by atoms with Crippen LogP contribution in [-0.2, 0) is 11.2 Å². The van der Waals surface area contributed by atoms with Gasteiger partial charge in [0.1, 0.15) is 5.75 Å². The van der Waals surface area contributed by atoms with Gasteiger partial charge in [-0.25, -0.2) is 4.68 Å². The first kappa shape index (κ1) is 15.0. The van der Waals surface area contributed by atoms with E-state index in [1.165, 1.54) is 0 Å². The van der Waals surface area contributed by atoms with Crippen LogP contribution in [0.5, 0.6) is 5.75 Å². The number of ether oxygens (including phenoxy) is 1. The fraction of sp³-hybridized carbons (Fsp3) is 0.400. The van der Waals surface area contributed by atoms with Crippen LogP contribution in [0.25, 0.3) is 5.69 Å². The Balaban J connectivity index is 1.91. The fourth-order valence-electron chi connectivity index (χ4n) is 1.98. The first-order valence-corrected chi connectivity index (χ1v) is 7.05. The summed E-state index contributed by atoms with van der Waals surface area (Å²) in [6, 6.07) is 7.64. The van der Waals surface area contributed by atoms with E-state index < -0.39 is 5.97 Å². The first-order valence-electron chi connectivity index (χ1n) is 7.05. The van der Waals surface area contributed by atoms with Gasteiger partial charge in [0.2, 0.25) is 0 Å². The molecule has 0 saturated heterocycles. The van der Waals surface area contributed by atoms with E-state index in [2.05, 4.69) is 10.3 Å². The molecule has 0 aliphatic rings. The Bertz CT molecular complexity index is 578. The molecule has 0 aliphatic carbocycles. The molecule has 2 rings (SSSR count). The monoisotopic (exact) mass is 289 g/mol. The van der Waals surface area contributed by atoms with Crippen molar-refractivity contribution in [2.45, 2.75) is 32.6 Å². The van der Waals surface area contributed by atoms with Gasteiger partial charge in [-0.05, 0) is 50.5 Å². The normalized spacial score (nSPS) is 10.5. The van der Waals surface area contributed by atoms with Crippen molar-refractivity contribution >= 4 is 5.97 Å².